The molecule has 134 valence electrons. The number of esters is 1. The molecular weight excluding hydrogens is 358 g/mol. The van der Waals surface area contributed by atoms with Gasteiger partial charge in [0.15, 0.2) is 5.69 Å². The van der Waals surface area contributed by atoms with E-state index in [4.69, 9.17) is 4.74 Å². The number of benzene rings is 2. The molecule has 0 spiro atoms. The molecule has 0 fully saturated rings. The Labute approximate surface area is 161 Å². The van der Waals surface area contributed by atoms with E-state index in [2.05, 4.69) is 13.7 Å². The van der Waals surface area contributed by atoms with Crippen LogP contribution in [0, 0.1) is 13.8 Å². The number of hydrogen-bond donors (Lipinski definition) is 0. The van der Waals surface area contributed by atoms with Crippen LogP contribution in [-0.2, 0) is 4.74 Å². The van der Waals surface area contributed by atoms with Crippen LogP contribution in [0.2, 0.25) is 0 Å². The summed E-state index contributed by atoms with van der Waals surface area (Å²) in [5.74, 6) is -0.492. The van der Waals surface area contributed by atoms with E-state index in [-0.39, 0.29) is 5.69 Å². The Kier molecular flexibility index (Phi) is 4.41. The minimum Gasteiger partial charge on any atom is -0.464 e. The minimum atomic E-state index is -0.492. The van der Waals surface area contributed by atoms with Crippen molar-refractivity contribution in [2.45, 2.75) is 13.8 Å². The molecule has 5 nitrogen and oxygen atoms in total. The second kappa shape index (κ2) is 6.89. The number of hydrogen-bond acceptors (Lipinski definition) is 6. The first-order valence-electron chi connectivity index (χ1n) is 8.47. The van der Waals surface area contributed by atoms with Crippen molar-refractivity contribution in [2.24, 2.45) is 0 Å². The molecule has 0 aliphatic carbocycles. The smallest absolute Gasteiger partial charge is 0.357 e. The molecule has 0 unspecified atom stereocenters. The summed E-state index contributed by atoms with van der Waals surface area (Å²) < 4.78 is 14.0. The number of rotatable bonds is 3. The maximum Gasteiger partial charge on any atom is 0.357 e. The number of ether oxygens (including phenoxy) is 1. The van der Waals surface area contributed by atoms with Gasteiger partial charge in [0.25, 0.3) is 0 Å². The third-order valence-electron chi connectivity index (χ3n) is 4.45. The van der Waals surface area contributed by atoms with E-state index < -0.39 is 5.97 Å². The molecule has 4 aromatic rings. The van der Waals surface area contributed by atoms with Crippen LogP contribution in [0.4, 0.5) is 0 Å². The van der Waals surface area contributed by atoms with Crippen molar-refractivity contribution in [3.05, 3.63) is 65.4 Å². The summed E-state index contributed by atoms with van der Waals surface area (Å²) in [7, 11) is 1.36. The van der Waals surface area contributed by atoms with Gasteiger partial charge in [0.05, 0.1) is 18.8 Å². The normalized spacial score (nSPS) is 10.9. The molecule has 27 heavy (non-hydrogen) atoms. The molecule has 6 heteroatoms. The standard InChI is InChI=1S/C21H17N3O2S/c1-12-4-8-14(9-5-12)16-18-20(24-27-23-18)17(22-19(16)21(25)26-3)15-10-6-13(2)7-11-15/h4-11H,1-3H3. The van der Waals surface area contributed by atoms with Gasteiger partial charge in [0, 0.05) is 11.1 Å². The molecule has 4 rings (SSSR count). The highest BCUT2D eigenvalue weighted by Gasteiger charge is 2.24. The van der Waals surface area contributed by atoms with Crippen LogP contribution in [0.1, 0.15) is 21.6 Å². The fourth-order valence-electron chi connectivity index (χ4n) is 2.99. The molecule has 2 aromatic heterocycles. The summed E-state index contributed by atoms with van der Waals surface area (Å²) >= 11 is 1.11. The van der Waals surface area contributed by atoms with Gasteiger partial charge in [-0.2, -0.15) is 8.75 Å². The number of carbonyl (C=O) groups is 1. The molecule has 0 aliphatic heterocycles. The molecule has 0 N–H and O–H groups in total. The van der Waals surface area contributed by atoms with Crippen molar-refractivity contribution in [1.29, 1.82) is 0 Å². The first-order chi connectivity index (χ1) is 13.1. The fourth-order valence-corrected chi connectivity index (χ4v) is 3.55. The third kappa shape index (κ3) is 3.08. The maximum atomic E-state index is 12.5. The summed E-state index contributed by atoms with van der Waals surface area (Å²) in [4.78, 5) is 17.2. The monoisotopic (exact) mass is 375 g/mol. The molecule has 0 atom stereocenters. The van der Waals surface area contributed by atoms with Crippen LogP contribution in [0.5, 0.6) is 0 Å². The van der Waals surface area contributed by atoms with E-state index in [0.717, 1.165) is 34.0 Å². The summed E-state index contributed by atoms with van der Waals surface area (Å²) in [6.07, 6.45) is 0. The first kappa shape index (κ1) is 17.3. The lowest BCUT2D eigenvalue weighted by molar-refractivity contribution is 0.0595. The highest BCUT2D eigenvalue weighted by atomic mass is 32.1. The lowest BCUT2D eigenvalue weighted by atomic mass is 9.98. The van der Waals surface area contributed by atoms with Crippen molar-refractivity contribution < 1.29 is 9.53 Å². The van der Waals surface area contributed by atoms with Crippen molar-refractivity contribution in [2.75, 3.05) is 7.11 Å². The van der Waals surface area contributed by atoms with E-state index in [9.17, 15) is 4.79 Å². The summed E-state index contributed by atoms with van der Waals surface area (Å²) in [5.41, 5.74) is 6.92. The van der Waals surface area contributed by atoms with E-state index in [1.807, 2.05) is 62.4 Å². The number of carbonyl (C=O) groups excluding carboxylic acids is 1. The summed E-state index contributed by atoms with van der Waals surface area (Å²) in [6, 6.07) is 15.9. The van der Waals surface area contributed by atoms with Gasteiger partial charge < -0.3 is 4.74 Å². The van der Waals surface area contributed by atoms with Gasteiger partial charge in [-0.1, -0.05) is 59.7 Å². The number of aryl methyl sites for hydroxylation is 2. The van der Waals surface area contributed by atoms with Gasteiger partial charge in [-0.25, -0.2) is 9.78 Å². The van der Waals surface area contributed by atoms with Gasteiger partial charge in [0.2, 0.25) is 0 Å². The van der Waals surface area contributed by atoms with Gasteiger partial charge in [-0.3, -0.25) is 0 Å². The molecule has 0 amide bonds. The van der Waals surface area contributed by atoms with Crippen LogP contribution in [0.25, 0.3) is 33.4 Å². The van der Waals surface area contributed by atoms with Crippen molar-refractivity contribution in [3.8, 4) is 22.4 Å². The molecular formula is C21H17N3O2S. The Morgan fingerprint density at radius 3 is 2.00 bits per heavy atom. The fraction of sp³-hybridized carbons (Fsp3) is 0.143. The van der Waals surface area contributed by atoms with Crippen LogP contribution in [0.15, 0.2) is 48.5 Å². The number of aromatic nitrogens is 3. The van der Waals surface area contributed by atoms with Gasteiger partial charge in [-0.05, 0) is 19.4 Å². The second-order valence-electron chi connectivity index (χ2n) is 6.37. The van der Waals surface area contributed by atoms with Crippen LogP contribution >= 0.6 is 11.7 Å². The Balaban J connectivity index is 2.05. The Bertz CT molecular complexity index is 1130. The second-order valence-corrected chi connectivity index (χ2v) is 6.90. The molecule has 2 heterocycles. The highest BCUT2D eigenvalue weighted by Crippen LogP contribution is 2.36. The SMILES string of the molecule is COC(=O)c1nc(-c2ccc(C)cc2)c2nsnc2c1-c1ccc(C)cc1. The highest BCUT2D eigenvalue weighted by molar-refractivity contribution is 7.00. The van der Waals surface area contributed by atoms with E-state index in [0.29, 0.717) is 22.3 Å². The van der Waals surface area contributed by atoms with Gasteiger partial charge >= 0.3 is 5.97 Å². The zero-order chi connectivity index (χ0) is 19.0. The number of pyridine rings is 1. The molecule has 2 aromatic carbocycles. The first-order valence-corrected chi connectivity index (χ1v) is 9.20. The number of fused-ring (bicyclic) bond motifs is 1. The Morgan fingerprint density at radius 2 is 1.41 bits per heavy atom. The lowest BCUT2D eigenvalue weighted by Crippen LogP contribution is -2.08. The zero-order valence-electron chi connectivity index (χ0n) is 15.2. The predicted molar refractivity (Wildman–Crippen MR) is 107 cm³/mol. The van der Waals surface area contributed by atoms with Gasteiger partial charge in [-0.15, -0.1) is 0 Å². The largest absolute Gasteiger partial charge is 0.464 e. The third-order valence-corrected chi connectivity index (χ3v) is 4.98. The Hall–Kier alpha value is -3.12. The zero-order valence-corrected chi connectivity index (χ0v) is 16.0. The van der Waals surface area contributed by atoms with Crippen molar-refractivity contribution in [3.63, 3.8) is 0 Å². The van der Waals surface area contributed by atoms with Gasteiger partial charge in [0.1, 0.15) is 16.7 Å². The Morgan fingerprint density at radius 1 is 0.852 bits per heavy atom. The minimum absolute atomic E-state index is 0.247. The number of nitrogens with zero attached hydrogens (tertiary/aromatic N) is 3. The van der Waals surface area contributed by atoms with Crippen molar-refractivity contribution in [1.82, 2.24) is 13.7 Å². The summed E-state index contributed by atoms with van der Waals surface area (Å²) in [5, 5.41) is 0. The van der Waals surface area contributed by atoms with E-state index >= 15 is 0 Å². The predicted octanol–water partition coefficient (Wildman–Crippen LogP) is 4.82. The molecule has 0 saturated carbocycles. The van der Waals surface area contributed by atoms with Crippen LogP contribution in [0.3, 0.4) is 0 Å². The number of methoxy groups -OCH3 is 1. The lowest BCUT2D eigenvalue weighted by Gasteiger charge is -2.12. The quantitative estimate of drug-likeness (QED) is 0.480. The molecule has 0 saturated heterocycles. The molecule has 0 aliphatic rings. The molecule has 0 bridgehead atoms. The summed E-state index contributed by atoms with van der Waals surface area (Å²) in [6.45, 7) is 4.04. The van der Waals surface area contributed by atoms with Crippen LogP contribution < -0.4 is 0 Å². The molecule has 0 radical (unpaired) electrons. The van der Waals surface area contributed by atoms with E-state index in [1.165, 1.54) is 7.11 Å². The van der Waals surface area contributed by atoms with Crippen LogP contribution in [-0.4, -0.2) is 26.8 Å². The average Bonchev–Trinajstić information content (AvgIpc) is 3.17. The average molecular weight is 375 g/mol. The topological polar surface area (TPSA) is 65.0 Å². The maximum absolute atomic E-state index is 12.5. The van der Waals surface area contributed by atoms with Crippen molar-refractivity contribution >= 4 is 28.7 Å². The van der Waals surface area contributed by atoms with E-state index in [1.54, 1.807) is 0 Å².